The zero-order chi connectivity index (χ0) is 20.0. The van der Waals surface area contributed by atoms with Gasteiger partial charge in [-0.15, -0.1) is 0 Å². The van der Waals surface area contributed by atoms with Gasteiger partial charge in [-0.25, -0.2) is 10.2 Å². The molecule has 0 aliphatic carbocycles. The maximum Gasteiger partial charge on any atom is 0.348 e. The number of aromatic hydroxyl groups is 1. The summed E-state index contributed by atoms with van der Waals surface area (Å²) < 4.78 is 10.4. The Morgan fingerprint density at radius 1 is 1.33 bits per heavy atom. The molecule has 2 aromatic rings. The fourth-order valence-electron chi connectivity index (χ4n) is 2.19. The molecule has 1 amide bonds. The van der Waals surface area contributed by atoms with Crippen molar-refractivity contribution in [1.82, 2.24) is 5.43 Å². The van der Waals surface area contributed by atoms with Crippen molar-refractivity contribution in [2.24, 2.45) is 5.10 Å². The van der Waals surface area contributed by atoms with Crippen molar-refractivity contribution in [2.45, 2.75) is 26.7 Å². The molecule has 0 aliphatic rings. The van der Waals surface area contributed by atoms with E-state index in [1.807, 2.05) is 0 Å². The average Bonchev–Trinajstić information content (AvgIpc) is 2.57. The number of nitrogens with one attached hydrogen (secondary N) is 1. The van der Waals surface area contributed by atoms with Crippen LogP contribution in [-0.2, 0) is 4.79 Å². The molecule has 7 nitrogen and oxygen atoms in total. The summed E-state index contributed by atoms with van der Waals surface area (Å²) in [4.78, 5) is 23.6. The van der Waals surface area contributed by atoms with Crippen molar-refractivity contribution < 1.29 is 19.1 Å². The van der Waals surface area contributed by atoms with Gasteiger partial charge in [0, 0.05) is 17.5 Å². The van der Waals surface area contributed by atoms with Crippen LogP contribution in [0.3, 0.4) is 0 Å². The topological polar surface area (TPSA) is 101 Å². The minimum absolute atomic E-state index is 0.0957. The fraction of sp³-hybridized carbons (Fsp3) is 0.278. The zero-order valence-electron chi connectivity index (χ0n) is 14.7. The monoisotopic (exact) mass is 412 g/mol. The summed E-state index contributed by atoms with van der Waals surface area (Å²) in [5.41, 5.74) is 1.64. The van der Waals surface area contributed by atoms with Crippen LogP contribution in [-0.4, -0.2) is 23.3 Å². The molecular weight excluding hydrogens is 395 g/mol. The quantitative estimate of drug-likeness (QED) is 0.410. The number of hydrogen-bond acceptors (Lipinski definition) is 6. The summed E-state index contributed by atoms with van der Waals surface area (Å²) in [5.74, 6) is 0.138. The van der Waals surface area contributed by atoms with Crippen LogP contribution in [0.15, 0.2) is 38.6 Å². The molecule has 144 valence electrons. The van der Waals surface area contributed by atoms with E-state index in [-0.39, 0.29) is 41.7 Å². The first-order chi connectivity index (χ1) is 12.8. The number of benzene rings is 1. The van der Waals surface area contributed by atoms with Crippen molar-refractivity contribution in [3.63, 3.8) is 0 Å². The third-order valence-electron chi connectivity index (χ3n) is 3.46. The molecule has 1 heterocycles. The third-order valence-corrected chi connectivity index (χ3v) is 3.99. The molecule has 2 rings (SSSR count). The Hall–Kier alpha value is -2.51. The Morgan fingerprint density at radius 2 is 2.07 bits per heavy atom. The van der Waals surface area contributed by atoms with Crippen LogP contribution in [0.2, 0.25) is 10.0 Å². The lowest BCUT2D eigenvalue weighted by Crippen LogP contribution is -2.22. The highest BCUT2D eigenvalue weighted by molar-refractivity contribution is 6.35. The van der Waals surface area contributed by atoms with E-state index in [9.17, 15) is 14.7 Å². The van der Waals surface area contributed by atoms with E-state index < -0.39 is 5.63 Å². The van der Waals surface area contributed by atoms with Gasteiger partial charge in [-0.05, 0) is 38.5 Å². The molecule has 0 radical (unpaired) electrons. The van der Waals surface area contributed by atoms with Crippen LogP contribution in [0.1, 0.15) is 31.1 Å². The highest BCUT2D eigenvalue weighted by Gasteiger charge is 2.13. The van der Waals surface area contributed by atoms with Gasteiger partial charge in [0.15, 0.2) is 0 Å². The Labute approximate surface area is 165 Å². The maximum atomic E-state index is 11.8. The van der Waals surface area contributed by atoms with Gasteiger partial charge in [0.25, 0.3) is 0 Å². The van der Waals surface area contributed by atoms with E-state index in [0.717, 1.165) is 0 Å². The van der Waals surface area contributed by atoms with Crippen LogP contribution < -0.4 is 15.8 Å². The van der Waals surface area contributed by atoms with Crippen molar-refractivity contribution >= 4 is 34.8 Å². The highest BCUT2D eigenvalue weighted by atomic mass is 35.5. The molecule has 27 heavy (non-hydrogen) atoms. The molecule has 0 fully saturated rings. The first-order valence-electron chi connectivity index (χ1n) is 8.03. The highest BCUT2D eigenvalue weighted by Crippen LogP contribution is 2.27. The van der Waals surface area contributed by atoms with Crippen LogP contribution in [0.4, 0.5) is 0 Å². The molecule has 9 heteroatoms. The van der Waals surface area contributed by atoms with Gasteiger partial charge in [-0.3, -0.25) is 4.79 Å². The second kappa shape index (κ2) is 9.43. The van der Waals surface area contributed by atoms with E-state index in [1.165, 1.54) is 13.0 Å². The number of hydrogen-bond donors (Lipinski definition) is 2. The van der Waals surface area contributed by atoms with Gasteiger partial charge in [-0.2, -0.15) is 5.10 Å². The number of ether oxygens (including phenoxy) is 1. The molecule has 0 atom stereocenters. The number of nitrogens with zero attached hydrogens (tertiary/aromatic N) is 1. The largest absolute Gasteiger partial charge is 0.507 e. The first kappa shape index (κ1) is 20.8. The van der Waals surface area contributed by atoms with Gasteiger partial charge < -0.3 is 14.3 Å². The number of amides is 1. The van der Waals surface area contributed by atoms with E-state index in [0.29, 0.717) is 22.2 Å². The Balaban J connectivity index is 1.84. The second-order valence-electron chi connectivity index (χ2n) is 5.66. The molecule has 0 spiro atoms. The minimum atomic E-state index is -0.726. The first-order valence-corrected chi connectivity index (χ1v) is 8.78. The lowest BCUT2D eigenvalue weighted by atomic mass is 10.2. The Morgan fingerprint density at radius 3 is 2.74 bits per heavy atom. The van der Waals surface area contributed by atoms with E-state index in [1.54, 1.807) is 25.1 Å². The van der Waals surface area contributed by atoms with Crippen LogP contribution in [0.5, 0.6) is 11.5 Å². The lowest BCUT2D eigenvalue weighted by Gasteiger charge is -2.08. The van der Waals surface area contributed by atoms with Gasteiger partial charge in [-0.1, -0.05) is 23.2 Å². The molecule has 1 aromatic carbocycles. The summed E-state index contributed by atoms with van der Waals surface area (Å²) >= 11 is 11.8. The number of aryl methyl sites for hydroxylation is 1. The average molecular weight is 413 g/mol. The number of rotatable bonds is 7. The predicted octanol–water partition coefficient (Wildman–Crippen LogP) is 3.66. The van der Waals surface area contributed by atoms with Gasteiger partial charge in [0.05, 0.1) is 17.3 Å². The SMILES string of the molecule is CC(=NNC(=O)CCCOc1ccc(Cl)cc1Cl)c1c(O)cc(C)oc1=O. The van der Waals surface area contributed by atoms with Crippen molar-refractivity contribution in [3.8, 4) is 11.5 Å². The summed E-state index contributed by atoms with van der Waals surface area (Å²) in [6, 6.07) is 6.18. The summed E-state index contributed by atoms with van der Waals surface area (Å²) in [6.45, 7) is 3.30. The lowest BCUT2D eigenvalue weighted by molar-refractivity contribution is -0.121. The van der Waals surface area contributed by atoms with Crippen molar-refractivity contribution in [1.29, 1.82) is 0 Å². The standard InChI is InChI=1S/C18H18Cl2N2O5/c1-10-8-14(23)17(18(25)27-10)11(2)21-22-16(24)4-3-7-26-15-6-5-12(19)9-13(15)20/h5-6,8-9,23H,3-4,7H2,1-2H3,(H,22,24). The molecule has 2 N–H and O–H groups in total. The predicted molar refractivity (Wildman–Crippen MR) is 103 cm³/mol. The molecule has 0 saturated heterocycles. The maximum absolute atomic E-state index is 11.8. The van der Waals surface area contributed by atoms with E-state index >= 15 is 0 Å². The number of carbonyl (C=O) groups excluding carboxylic acids is 1. The summed E-state index contributed by atoms with van der Waals surface area (Å²) in [6.07, 6.45) is 0.577. The molecule has 0 unspecified atom stereocenters. The second-order valence-corrected chi connectivity index (χ2v) is 6.51. The minimum Gasteiger partial charge on any atom is -0.507 e. The Kier molecular flexibility index (Phi) is 7.27. The smallest absolute Gasteiger partial charge is 0.348 e. The van der Waals surface area contributed by atoms with Crippen molar-refractivity contribution in [3.05, 3.63) is 56.1 Å². The Bertz CT molecular complexity index is 924. The normalized spacial score (nSPS) is 11.3. The number of halogens is 2. The van der Waals surface area contributed by atoms with E-state index in [2.05, 4.69) is 10.5 Å². The fourth-order valence-corrected chi connectivity index (χ4v) is 2.66. The zero-order valence-corrected chi connectivity index (χ0v) is 16.2. The number of carbonyl (C=O) groups is 1. The number of hydrazone groups is 1. The van der Waals surface area contributed by atoms with Crippen molar-refractivity contribution in [2.75, 3.05) is 6.61 Å². The molecule has 1 aromatic heterocycles. The summed E-state index contributed by atoms with van der Waals surface area (Å²) in [7, 11) is 0. The van der Waals surface area contributed by atoms with Gasteiger partial charge in [0.2, 0.25) is 5.91 Å². The van der Waals surface area contributed by atoms with Gasteiger partial charge >= 0.3 is 5.63 Å². The molecular formula is C18H18Cl2N2O5. The molecule has 0 bridgehead atoms. The van der Waals surface area contributed by atoms with Crippen LogP contribution >= 0.6 is 23.2 Å². The summed E-state index contributed by atoms with van der Waals surface area (Å²) in [5, 5.41) is 14.6. The van der Waals surface area contributed by atoms with Crippen LogP contribution in [0.25, 0.3) is 0 Å². The van der Waals surface area contributed by atoms with Crippen LogP contribution in [0, 0.1) is 6.92 Å². The third kappa shape index (κ3) is 6.01. The van der Waals surface area contributed by atoms with E-state index in [4.69, 9.17) is 32.4 Å². The van der Waals surface area contributed by atoms with Gasteiger partial charge in [0.1, 0.15) is 22.8 Å². The molecule has 0 aliphatic heterocycles. The molecule has 0 saturated carbocycles.